The van der Waals surface area contributed by atoms with E-state index in [0.29, 0.717) is 5.56 Å². The van der Waals surface area contributed by atoms with Crippen LogP contribution in [0.1, 0.15) is 11.7 Å². The van der Waals surface area contributed by atoms with Gasteiger partial charge in [0.1, 0.15) is 30.5 Å². The Balaban J connectivity index is 2.18. The van der Waals surface area contributed by atoms with E-state index >= 15 is 0 Å². The van der Waals surface area contributed by atoms with Crippen molar-refractivity contribution in [1.82, 2.24) is 0 Å². The molecule has 1 fully saturated rings. The molecule has 1 aromatic rings. The van der Waals surface area contributed by atoms with Gasteiger partial charge in [0.25, 0.3) is 0 Å². The lowest BCUT2D eigenvalue weighted by atomic mass is 9.92. The molecule has 5 N–H and O–H groups in total. The first-order valence-electron chi connectivity index (χ1n) is 5.63. The molecule has 0 aliphatic carbocycles. The molecule has 1 saturated heterocycles. The first-order valence-corrected chi connectivity index (χ1v) is 5.63. The molecular formula is C12H16O6. The molecule has 0 saturated carbocycles. The van der Waals surface area contributed by atoms with E-state index < -0.39 is 36.8 Å². The summed E-state index contributed by atoms with van der Waals surface area (Å²) in [5.41, 5.74) is 0.484. The number of aliphatic hydroxyl groups is 5. The molecule has 6 nitrogen and oxygen atoms in total. The van der Waals surface area contributed by atoms with E-state index in [4.69, 9.17) is 4.74 Å². The van der Waals surface area contributed by atoms with Crippen molar-refractivity contribution in [3.8, 4) is 0 Å². The van der Waals surface area contributed by atoms with Gasteiger partial charge in [-0.3, -0.25) is 0 Å². The first kappa shape index (κ1) is 13.4. The Hall–Kier alpha value is -1.02. The number of hydrogen-bond acceptors (Lipinski definition) is 6. The molecule has 6 heteroatoms. The fourth-order valence-corrected chi connectivity index (χ4v) is 1.99. The van der Waals surface area contributed by atoms with Crippen LogP contribution in [0.5, 0.6) is 0 Å². The van der Waals surface area contributed by atoms with E-state index in [2.05, 4.69) is 0 Å². The van der Waals surface area contributed by atoms with Crippen LogP contribution in [0.15, 0.2) is 30.3 Å². The van der Waals surface area contributed by atoms with E-state index in [-0.39, 0.29) is 0 Å². The summed E-state index contributed by atoms with van der Waals surface area (Å²) in [6.45, 7) is 0. The second-order valence-corrected chi connectivity index (χ2v) is 4.32. The molecule has 0 bridgehead atoms. The van der Waals surface area contributed by atoms with E-state index in [1.807, 2.05) is 0 Å². The van der Waals surface area contributed by atoms with Crippen molar-refractivity contribution >= 4 is 0 Å². The monoisotopic (exact) mass is 256 g/mol. The van der Waals surface area contributed by atoms with Crippen LogP contribution in [0.3, 0.4) is 0 Å². The first-order chi connectivity index (χ1) is 8.52. The molecule has 0 spiro atoms. The van der Waals surface area contributed by atoms with Gasteiger partial charge in [0.05, 0.1) is 0 Å². The predicted octanol–water partition coefficient (Wildman–Crippen LogP) is -1.48. The third kappa shape index (κ3) is 2.39. The fraction of sp³-hybridized carbons (Fsp3) is 0.500. The van der Waals surface area contributed by atoms with Gasteiger partial charge in [-0.15, -0.1) is 0 Å². The van der Waals surface area contributed by atoms with Gasteiger partial charge in [-0.05, 0) is 5.56 Å². The van der Waals surface area contributed by atoms with Crippen LogP contribution in [0, 0.1) is 0 Å². The lowest BCUT2D eigenvalue weighted by Gasteiger charge is -2.40. The fourth-order valence-electron chi connectivity index (χ4n) is 1.99. The van der Waals surface area contributed by atoms with Crippen molar-refractivity contribution in [2.45, 2.75) is 36.8 Å². The molecule has 1 aromatic carbocycles. The Morgan fingerprint density at radius 1 is 0.889 bits per heavy atom. The van der Waals surface area contributed by atoms with E-state index in [1.165, 1.54) is 0 Å². The van der Waals surface area contributed by atoms with Crippen LogP contribution in [0.25, 0.3) is 0 Å². The van der Waals surface area contributed by atoms with Gasteiger partial charge >= 0.3 is 0 Å². The Kier molecular flexibility index (Phi) is 3.96. The van der Waals surface area contributed by atoms with Crippen LogP contribution in [-0.4, -0.2) is 56.2 Å². The van der Waals surface area contributed by atoms with Gasteiger partial charge in [-0.2, -0.15) is 0 Å². The second-order valence-electron chi connectivity index (χ2n) is 4.32. The molecule has 2 rings (SSSR count). The molecule has 6 atom stereocenters. The Morgan fingerprint density at radius 2 is 1.50 bits per heavy atom. The third-order valence-electron chi connectivity index (χ3n) is 3.08. The van der Waals surface area contributed by atoms with Crippen LogP contribution in [-0.2, 0) is 4.74 Å². The summed E-state index contributed by atoms with van der Waals surface area (Å²) in [6.07, 6.45) is -8.72. The van der Waals surface area contributed by atoms with Gasteiger partial charge < -0.3 is 30.3 Å². The SMILES string of the molecule is OC1O[C@H]([C@H](O)c2ccccc2)[C@@H](O)[C@@H](O)[C@H]1O. The lowest BCUT2D eigenvalue weighted by Crippen LogP contribution is -2.58. The standard InChI is InChI=1S/C12H16O6/c13-7(6-4-2-1-3-5-6)11-9(15)8(14)10(16)12(17)18-11/h1-5,7-17H/t7-,8-,9+,10-,11-,12?/m1/s1. The Labute approximate surface area is 104 Å². The molecule has 1 aliphatic rings. The number of benzene rings is 1. The van der Waals surface area contributed by atoms with Crippen LogP contribution in [0.4, 0.5) is 0 Å². The van der Waals surface area contributed by atoms with Crippen molar-refractivity contribution in [3.05, 3.63) is 35.9 Å². The van der Waals surface area contributed by atoms with Crippen molar-refractivity contribution in [3.63, 3.8) is 0 Å². The zero-order valence-corrected chi connectivity index (χ0v) is 9.50. The van der Waals surface area contributed by atoms with Crippen LogP contribution in [0.2, 0.25) is 0 Å². The molecule has 1 heterocycles. The maximum absolute atomic E-state index is 10.0. The summed E-state index contributed by atoms with van der Waals surface area (Å²) < 4.78 is 4.94. The van der Waals surface area contributed by atoms with Gasteiger partial charge in [-0.1, -0.05) is 30.3 Å². The summed E-state index contributed by atoms with van der Waals surface area (Å²) in [4.78, 5) is 0. The highest BCUT2D eigenvalue weighted by Gasteiger charge is 2.46. The molecule has 100 valence electrons. The van der Waals surface area contributed by atoms with Gasteiger partial charge in [0, 0.05) is 0 Å². The van der Waals surface area contributed by atoms with Crippen molar-refractivity contribution in [2.75, 3.05) is 0 Å². The maximum atomic E-state index is 10.0. The smallest absolute Gasteiger partial charge is 0.184 e. The summed E-state index contributed by atoms with van der Waals surface area (Å²) in [5.74, 6) is 0. The largest absolute Gasteiger partial charge is 0.387 e. The van der Waals surface area contributed by atoms with Gasteiger partial charge in [0.15, 0.2) is 6.29 Å². The number of aliphatic hydroxyl groups excluding tert-OH is 5. The average Bonchev–Trinajstić information content (AvgIpc) is 2.41. The zero-order chi connectivity index (χ0) is 13.3. The highest BCUT2D eigenvalue weighted by molar-refractivity contribution is 5.19. The topological polar surface area (TPSA) is 110 Å². The van der Waals surface area contributed by atoms with Crippen molar-refractivity contribution in [1.29, 1.82) is 0 Å². The van der Waals surface area contributed by atoms with Gasteiger partial charge in [-0.25, -0.2) is 0 Å². The average molecular weight is 256 g/mol. The quantitative estimate of drug-likeness (QED) is 0.441. The predicted molar refractivity (Wildman–Crippen MR) is 60.3 cm³/mol. The summed E-state index contributed by atoms with van der Waals surface area (Å²) in [7, 11) is 0. The van der Waals surface area contributed by atoms with E-state index in [9.17, 15) is 25.5 Å². The molecule has 18 heavy (non-hydrogen) atoms. The summed E-state index contributed by atoms with van der Waals surface area (Å²) in [6, 6.07) is 8.43. The molecule has 0 radical (unpaired) electrons. The van der Waals surface area contributed by atoms with Crippen LogP contribution >= 0.6 is 0 Å². The van der Waals surface area contributed by atoms with Crippen molar-refractivity contribution < 1.29 is 30.3 Å². The number of rotatable bonds is 2. The van der Waals surface area contributed by atoms with E-state index in [0.717, 1.165) is 0 Å². The van der Waals surface area contributed by atoms with Crippen LogP contribution < -0.4 is 0 Å². The second kappa shape index (κ2) is 5.31. The minimum atomic E-state index is -1.65. The minimum Gasteiger partial charge on any atom is -0.387 e. The normalized spacial score (nSPS) is 38.4. The third-order valence-corrected chi connectivity index (χ3v) is 3.08. The van der Waals surface area contributed by atoms with Crippen molar-refractivity contribution in [2.24, 2.45) is 0 Å². The maximum Gasteiger partial charge on any atom is 0.184 e. The molecular weight excluding hydrogens is 240 g/mol. The number of ether oxygens (including phenoxy) is 1. The Morgan fingerprint density at radius 3 is 2.11 bits per heavy atom. The zero-order valence-electron chi connectivity index (χ0n) is 9.50. The molecule has 1 unspecified atom stereocenters. The highest BCUT2D eigenvalue weighted by atomic mass is 16.6. The van der Waals surface area contributed by atoms with Gasteiger partial charge in [0.2, 0.25) is 0 Å². The summed E-state index contributed by atoms with van der Waals surface area (Å²) in [5, 5.41) is 48.0. The lowest BCUT2D eigenvalue weighted by molar-refractivity contribution is -0.297. The minimum absolute atomic E-state index is 0.484. The molecule has 1 aliphatic heterocycles. The summed E-state index contributed by atoms with van der Waals surface area (Å²) >= 11 is 0. The number of hydrogen-bond donors (Lipinski definition) is 5. The highest BCUT2D eigenvalue weighted by Crippen LogP contribution is 2.29. The van der Waals surface area contributed by atoms with E-state index in [1.54, 1.807) is 30.3 Å². The molecule has 0 aromatic heterocycles. The molecule has 0 amide bonds. The Bertz CT molecular complexity index is 383.